The van der Waals surface area contributed by atoms with E-state index in [0.717, 1.165) is 0 Å². The van der Waals surface area contributed by atoms with Crippen molar-refractivity contribution in [2.75, 3.05) is 6.61 Å². The van der Waals surface area contributed by atoms with Gasteiger partial charge in [0, 0.05) is 11.6 Å². The average Bonchev–Trinajstić information content (AvgIpc) is 2.24. The van der Waals surface area contributed by atoms with Crippen molar-refractivity contribution in [3.8, 4) is 5.75 Å². The van der Waals surface area contributed by atoms with Gasteiger partial charge < -0.3 is 9.84 Å². The standard InChI is InChI=1S/C12H15NO5/c1-8(14)9-4-5-11(10(6-9)13(16)17)18-7-12(2,3)15/h4-6,15H,7H2,1-3H3. The summed E-state index contributed by atoms with van der Waals surface area (Å²) < 4.78 is 5.19. The van der Waals surface area contributed by atoms with Crippen LogP contribution in [-0.4, -0.2) is 28.0 Å². The van der Waals surface area contributed by atoms with Crippen LogP contribution in [0.15, 0.2) is 18.2 Å². The van der Waals surface area contributed by atoms with E-state index in [0.29, 0.717) is 0 Å². The minimum atomic E-state index is -1.09. The number of carbonyl (C=O) groups excluding carboxylic acids is 1. The zero-order valence-electron chi connectivity index (χ0n) is 10.5. The number of rotatable bonds is 5. The molecule has 0 atom stereocenters. The highest BCUT2D eigenvalue weighted by molar-refractivity contribution is 5.95. The van der Waals surface area contributed by atoms with E-state index in [1.807, 2.05) is 0 Å². The second-order valence-corrected chi connectivity index (χ2v) is 4.60. The SMILES string of the molecule is CC(=O)c1ccc(OCC(C)(C)O)c([N+](=O)[O-])c1. The molecule has 0 amide bonds. The summed E-state index contributed by atoms with van der Waals surface area (Å²) >= 11 is 0. The Kier molecular flexibility index (Phi) is 4.03. The van der Waals surface area contributed by atoms with Gasteiger partial charge in [-0.1, -0.05) is 0 Å². The average molecular weight is 253 g/mol. The summed E-state index contributed by atoms with van der Waals surface area (Å²) in [4.78, 5) is 21.4. The number of hydrogen-bond donors (Lipinski definition) is 1. The highest BCUT2D eigenvalue weighted by atomic mass is 16.6. The van der Waals surface area contributed by atoms with Crippen LogP contribution in [0.5, 0.6) is 5.75 Å². The quantitative estimate of drug-likeness (QED) is 0.492. The van der Waals surface area contributed by atoms with Gasteiger partial charge in [-0.05, 0) is 32.9 Å². The van der Waals surface area contributed by atoms with Crippen LogP contribution in [-0.2, 0) is 0 Å². The number of benzene rings is 1. The van der Waals surface area contributed by atoms with Crippen LogP contribution in [0, 0.1) is 10.1 Å². The van der Waals surface area contributed by atoms with Gasteiger partial charge in [0.25, 0.3) is 0 Å². The van der Waals surface area contributed by atoms with Gasteiger partial charge in [0.15, 0.2) is 11.5 Å². The highest BCUT2D eigenvalue weighted by Crippen LogP contribution is 2.28. The molecule has 0 aliphatic rings. The summed E-state index contributed by atoms with van der Waals surface area (Å²) in [5.41, 5.74) is -1.13. The molecular weight excluding hydrogens is 238 g/mol. The molecule has 0 saturated carbocycles. The number of ether oxygens (including phenoxy) is 1. The normalized spacial score (nSPS) is 11.1. The minimum Gasteiger partial charge on any atom is -0.484 e. The van der Waals surface area contributed by atoms with E-state index in [1.54, 1.807) is 0 Å². The fourth-order valence-electron chi connectivity index (χ4n) is 1.26. The second-order valence-electron chi connectivity index (χ2n) is 4.60. The van der Waals surface area contributed by atoms with Crippen molar-refractivity contribution in [1.82, 2.24) is 0 Å². The van der Waals surface area contributed by atoms with E-state index in [1.165, 1.54) is 39.0 Å². The Bertz CT molecular complexity index is 476. The minimum absolute atomic E-state index is 0.0344. The predicted octanol–water partition coefficient (Wildman–Crippen LogP) is 1.95. The number of Topliss-reactive ketones (excluding diaryl/α,β-unsaturated/α-hetero) is 1. The molecule has 6 nitrogen and oxygen atoms in total. The summed E-state index contributed by atoms with van der Waals surface area (Å²) in [6, 6.07) is 3.98. The molecule has 0 fully saturated rings. The van der Waals surface area contributed by atoms with E-state index in [2.05, 4.69) is 0 Å². The zero-order valence-corrected chi connectivity index (χ0v) is 10.5. The van der Waals surface area contributed by atoms with Crippen LogP contribution in [0.4, 0.5) is 5.69 Å². The third-order valence-corrected chi connectivity index (χ3v) is 2.14. The second kappa shape index (κ2) is 5.14. The first-order valence-electron chi connectivity index (χ1n) is 5.35. The summed E-state index contributed by atoms with van der Waals surface area (Å²) in [5.74, 6) is -0.223. The van der Waals surface area contributed by atoms with Crippen molar-refractivity contribution in [3.05, 3.63) is 33.9 Å². The number of nitrogens with zero attached hydrogens (tertiary/aromatic N) is 1. The number of nitro benzene ring substituents is 1. The van der Waals surface area contributed by atoms with Crippen molar-refractivity contribution >= 4 is 11.5 Å². The van der Waals surface area contributed by atoms with Gasteiger partial charge in [0.2, 0.25) is 0 Å². The third-order valence-electron chi connectivity index (χ3n) is 2.14. The van der Waals surface area contributed by atoms with Gasteiger partial charge >= 0.3 is 5.69 Å². The van der Waals surface area contributed by atoms with Crippen molar-refractivity contribution in [1.29, 1.82) is 0 Å². The van der Waals surface area contributed by atoms with Gasteiger partial charge in [0.05, 0.1) is 10.5 Å². The summed E-state index contributed by atoms with van der Waals surface area (Å²) in [7, 11) is 0. The third kappa shape index (κ3) is 3.81. The molecule has 0 aliphatic carbocycles. The van der Waals surface area contributed by atoms with Crippen LogP contribution in [0.1, 0.15) is 31.1 Å². The molecule has 6 heteroatoms. The predicted molar refractivity (Wildman–Crippen MR) is 64.9 cm³/mol. The molecule has 0 heterocycles. The topological polar surface area (TPSA) is 89.7 Å². The molecular formula is C12H15NO5. The first kappa shape index (κ1) is 14.1. The molecule has 0 saturated heterocycles. The van der Waals surface area contributed by atoms with Crippen LogP contribution >= 0.6 is 0 Å². The largest absolute Gasteiger partial charge is 0.484 e. The van der Waals surface area contributed by atoms with Crippen molar-refractivity contribution < 1.29 is 19.6 Å². The van der Waals surface area contributed by atoms with E-state index >= 15 is 0 Å². The van der Waals surface area contributed by atoms with Gasteiger partial charge in [0.1, 0.15) is 6.61 Å². The molecule has 1 aromatic carbocycles. The number of hydrogen-bond acceptors (Lipinski definition) is 5. The van der Waals surface area contributed by atoms with Gasteiger partial charge in [-0.3, -0.25) is 14.9 Å². The smallest absolute Gasteiger partial charge is 0.311 e. The van der Waals surface area contributed by atoms with Crippen LogP contribution in [0.2, 0.25) is 0 Å². The van der Waals surface area contributed by atoms with Crippen LogP contribution < -0.4 is 4.74 Å². The molecule has 0 unspecified atom stereocenters. The number of carbonyl (C=O) groups is 1. The van der Waals surface area contributed by atoms with Crippen molar-refractivity contribution in [3.63, 3.8) is 0 Å². The molecule has 1 aromatic rings. The fourth-order valence-corrected chi connectivity index (χ4v) is 1.26. The monoisotopic (exact) mass is 253 g/mol. The molecule has 18 heavy (non-hydrogen) atoms. The van der Waals surface area contributed by atoms with E-state index < -0.39 is 10.5 Å². The van der Waals surface area contributed by atoms with Crippen molar-refractivity contribution in [2.24, 2.45) is 0 Å². The Hall–Kier alpha value is -1.95. The molecule has 0 bridgehead atoms. The Morgan fingerprint density at radius 3 is 2.56 bits per heavy atom. The van der Waals surface area contributed by atoms with Gasteiger partial charge in [-0.2, -0.15) is 0 Å². The van der Waals surface area contributed by atoms with E-state index in [-0.39, 0.29) is 29.4 Å². The van der Waals surface area contributed by atoms with E-state index in [9.17, 15) is 20.0 Å². The number of nitro groups is 1. The summed E-state index contributed by atoms with van der Waals surface area (Å²) in [6.45, 7) is 4.31. The Morgan fingerprint density at radius 1 is 1.50 bits per heavy atom. The lowest BCUT2D eigenvalue weighted by atomic mass is 10.1. The van der Waals surface area contributed by atoms with Gasteiger partial charge in [-0.15, -0.1) is 0 Å². The molecule has 1 rings (SSSR count). The molecule has 0 aliphatic heterocycles. The summed E-state index contributed by atoms with van der Waals surface area (Å²) in [6.07, 6.45) is 0. The number of ketones is 1. The molecule has 98 valence electrons. The molecule has 0 aromatic heterocycles. The maximum absolute atomic E-state index is 11.1. The summed E-state index contributed by atoms with van der Waals surface area (Å²) in [5, 5.41) is 20.4. The molecule has 1 N–H and O–H groups in total. The zero-order chi connectivity index (χ0) is 13.9. The molecule has 0 spiro atoms. The van der Waals surface area contributed by atoms with E-state index in [4.69, 9.17) is 4.74 Å². The Morgan fingerprint density at radius 2 is 2.11 bits per heavy atom. The Balaban J connectivity index is 3.05. The fraction of sp³-hybridized carbons (Fsp3) is 0.417. The lowest BCUT2D eigenvalue weighted by Crippen LogP contribution is -2.28. The van der Waals surface area contributed by atoms with Crippen LogP contribution in [0.3, 0.4) is 0 Å². The molecule has 0 radical (unpaired) electrons. The van der Waals surface area contributed by atoms with Gasteiger partial charge in [-0.25, -0.2) is 0 Å². The highest BCUT2D eigenvalue weighted by Gasteiger charge is 2.20. The Labute approximate surface area is 104 Å². The maximum Gasteiger partial charge on any atom is 0.311 e. The number of aliphatic hydroxyl groups is 1. The maximum atomic E-state index is 11.1. The van der Waals surface area contributed by atoms with Crippen LogP contribution in [0.25, 0.3) is 0 Å². The first-order chi connectivity index (χ1) is 8.20. The lowest BCUT2D eigenvalue weighted by molar-refractivity contribution is -0.386. The first-order valence-corrected chi connectivity index (χ1v) is 5.35. The van der Waals surface area contributed by atoms with Crippen molar-refractivity contribution in [2.45, 2.75) is 26.4 Å². The lowest BCUT2D eigenvalue weighted by Gasteiger charge is -2.17.